The normalized spacial score (nSPS) is 22.3. The fourth-order valence-electron chi connectivity index (χ4n) is 3.27. The Bertz CT molecular complexity index is 475. The smallest absolute Gasteiger partial charge is 0.238 e. The second-order valence-corrected chi connectivity index (χ2v) is 6.20. The Hall–Kier alpha value is -1.39. The Morgan fingerprint density at radius 3 is 2.86 bits per heavy atom. The summed E-state index contributed by atoms with van der Waals surface area (Å²) in [7, 11) is 2.06. The highest BCUT2D eigenvalue weighted by molar-refractivity contribution is 5.92. The second kappa shape index (κ2) is 7.57. The van der Waals surface area contributed by atoms with Gasteiger partial charge in [0.1, 0.15) is 0 Å². The van der Waals surface area contributed by atoms with E-state index >= 15 is 0 Å². The second-order valence-electron chi connectivity index (χ2n) is 6.20. The molecule has 0 aromatic heterocycles. The highest BCUT2D eigenvalue weighted by Crippen LogP contribution is 2.27. The van der Waals surface area contributed by atoms with Gasteiger partial charge in [-0.3, -0.25) is 9.69 Å². The van der Waals surface area contributed by atoms with Crippen molar-refractivity contribution in [1.82, 2.24) is 4.90 Å². The molecule has 1 aliphatic rings. The molecule has 0 saturated heterocycles. The Morgan fingerprint density at radius 2 is 2.14 bits per heavy atom. The number of rotatable bonds is 5. The van der Waals surface area contributed by atoms with Crippen LogP contribution in [0.25, 0.3) is 0 Å². The van der Waals surface area contributed by atoms with E-state index in [0.717, 1.165) is 11.3 Å². The maximum absolute atomic E-state index is 12.2. The first-order valence-electron chi connectivity index (χ1n) is 7.89. The molecule has 0 radical (unpaired) electrons. The van der Waals surface area contributed by atoms with Gasteiger partial charge in [0.2, 0.25) is 5.91 Å². The van der Waals surface area contributed by atoms with Gasteiger partial charge in [0, 0.05) is 18.3 Å². The third kappa shape index (κ3) is 4.55. The van der Waals surface area contributed by atoms with Crippen molar-refractivity contribution in [3.05, 3.63) is 29.8 Å². The van der Waals surface area contributed by atoms with Gasteiger partial charge >= 0.3 is 0 Å². The number of benzene rings is 1. The van der Waals surface area contributed by atoms with Crippen molar-refractivity contribution in [1.29, 1.82) is 0 Å². The molecular formula is C17H27N3O. The zero-order valence-electron chi connectivity index (χ0n) is 13.1. The standard InChI is InChI=1S/C17H27N3O/c1-13-6-3-4-9-16(13)20(2)12-17(21)19-15-8-5-7-14(10-15)11-18/h5,7-8,10,13,16H,3-4,6,9,11-12,18H2,1-2H3,(H,19,21). The number of hydrogen-bond donors (Lipinski definition) is 2. The SMILES string of the molecule is CC1CCCCC1N(C)CC(=O)Nc1cccc(CN)c1. The molecule has 1 fully saturated rings. The monoisotopic (exact) mass is 289 g/mol. The van der Waals surface area contributed by atoms with Gasteiger partial charge in [0.15, 0.2) is 0 Å². The van der Waals surface area contributed by atoms with Crippen LogP contribution in [0.3, 0.4) is 0 Å². The molecule has 1 aromatic rings. The predicted molar refractivity (Wildman–Crippen MR) is 87.0 cm³/mol. The molecule has 1 aromatic carbocycles. The molecule has 2 unspecified atom stereocenters. The summed E-state index contributed by atoms with van der Waals surface area (Å²) in [6.07, 6.45) is 5.08. The molecule has 116 valence electrons. The third-order valence-electron chi connectivity index (χ3n) is 4.47. The molecular weight excluding hydrogens is 262 g/mol. The first kappa shape index (κ1) is 16.0. The van der Waals surface area contributed by atoms with Crippen molar-refractivity contribution in [2.24, 2.45) is 11.7 Å². The number of carbonyl (C=O) groups is 1. The van der Waals surface area contributed by atoms with E-state index in [1.165, 1.54) is 25.7 Å². The van der Waals surface area contributed by atoms with Crippen LogP contribution in [0, 0.1) is 5.92 Å². The maximum atomic E-state index is 12.2. The number of hydrogen-bond acceptors (Lipinski definition) is 3. The highest BCUT2D eigenvalue weighted by atomic mass is 16.2. The lowest BCUT2D eigenvalue weighted by molar-refractivity contribution is -0.117. The van der Waals surface area contributed by atoms with E-state index in [2.05, 4.69) is 24.2 Å². The third-order valence-corrected chi connectivity index (χ3v) is 4.47. The summed E-state index contributed by atoms with van der Waals surface area (Å²) in [4.78, 5) is 14.4. The van der Waals surface area contributed by atoms with Gasteiger partial charge in [-0.05, 0) is 43.5 Å². The molecule has 1 saturated carbocycles. The van der Waals surface area contributed by atoms with Crippen molar-refractivity contribution in [2.45, 2.75) is 45.2 Å². The largest absolute Gasteiger partial charge is 0.326 e. The topological polar surface area (TPSA) is 58.4 Å². The van der Waals surface area contributed by atoms with E-state index in [1.54, 1.807) is 0 Å². The Balaban J connectivity index is 1.88. The number of nitrogens with zero attached hydrogens (tertiary/aromatic N) is 1. The molecule has 0 bridgehead atoms. The molecule has 4 heteroatoms. The molecule has 1 aliphatic carbocycles. The first-order chi connectivity index (χ1) is 10.1. The zero-order valence-corrected chi connectivity index (χ0v) is 13.1. The number of anilines is 1. The van der Waals surface area contributed by atoms with E-state index in [0.29, 0.717) is 25.0 Å². The summed E-state index contributed by atoms with van der Waals surface area (Å²) in [5, 5.41) is 2.97. The van der Waals surface area contributed by atoms with Crippen molar-refractivity contribution >= 4 is 11.6 Å². The molecule has 1 amide bonds. The molecule has 3 N–H and O–H groups in total. The van der Waals surface area contributed by atoms with Gasteiger partial charge in [-0.25, -0.2) is 0 Å². The van der Waals surface area contributed by atoms with Crippen LogP contribution >= 0.6 is 0 Å². The van der Waals surface area contributed by atoms with Crippen molar-refractivity contribution in [3.8, 4) is 0 Å². The molecule has 2 rings (SSSR count). The highest BCUT2D eigenvalue weighted by Gasteiger charge is 2.25. The van der Waals surface area contributed by atoms with Crippen LogP contribution in [0.15, 0.2) is 24.3 Å². The molecule has 0 spiro atoms. The Labute approximate surface area is 127 Å². The lowest BCUT2D eigenvalue weighted by atomic mass is 9.85. The molecule has 4 nitrogen and oxygen atoms in total. The number of nitrogens with one attached hydrogen (secondary N) is 1. The van der Waals surface area contributed by atoms with Gasteiger partial charge in [-0.2, -0.15) is 0 Å². The minimum absolute atomic E-state index is 0.0458. The van der Waals surface area contributed by atoms with Gasteiger partial charge in [0.05, 0.1) is 6.54 Å². The van der Waals surface area contributed by atoms with Gasteiger partial charge < -0.3 is 11.1 Å². The molecule has 0 heterocycles. The minimum Gasteiger partial charge on any atom is -0.326 e. The Morgan fingerprint density at radius 1 is 1.38 bits per heavy atom. The minimum atomic E-state index is 0.0458. The van der Waals surface area contributed by atoms with Crippen molar-refractivity contribution in [3.63, 3.8) is 0 Å². The van der Waals surface area contributed by atoms with E-state index in [1.807, 2.05) is 24.3 Å². The van der Waals surface area contributed by atoms with E-state index in [4.69, 9.17) is 5.73 Å². The quantitative estimate of drug-likeness (QED) is 0.876. The van der Waals surface area contributed by atoms with E-state index < -0.39 is 0 Å². The van der Waals surface area contributed by atoms with E-state index in [-0.39, 0.29) is 5.91 Å². The van der Waals surface area contributed by atoms with Crippen molar-refractivity contribution in [2.75, 3.05) is 18.9 Å². The van der Waals surface area contributed by atoms with Crippen LogP contribution in [0.1, 0.15) is 38.2 Å². The van der Waals surface area contributed by atoms with Crippen LogP contribution < -0.4 is 11.1 Å². The summed E-state index contributed by atoms with van der Waals surface area (Å²) in [5.41, 5.74) is 7.48. The summed E-state index contributed by atoms with van der Waals surface area (Å²) in [6.45, 7) is 3.23. The number of carbonyl (C=O) groups excluding carboxylic acids is 1. The lowest BCUT2D eigenvalue weighted by Gasteiger charge is -2.35. The number of likely N-dealkylation sites (N-methyl/N-ethyl adjacent to an activating group) is 1. The van der Waals surface area contributed by atoms with Crippen LogP contribution in [0.5, 0.6) is 0 Å². The van der Waals surface area contributed by atoms with Crippen LogP contribution in [0.4, 0.5) is 5.69 Å². The molecule has 21 heavy (non-hydrogen) atoms. The summed E-state index contributed by atoms with van der Waals surface area (Å²) >= 11 is 0. The van der Waals surface area contributed by atoms with Crippen LogP contribution in [-0.2, 0) is 11.3 Å². The average molecular weight is 289 g/mol. The van der Waals surface area contributed by atoms with Crippen LogP contribution in [-0.4, -0.2) is 30.4 Å². The van der Waals surface area contributed by atoms with Crippen molar-refractivity contribution < 1.29 is 4.79 Å². The fraction of sp³-hybridized carbons (Fsp3) is 0.588. The summed E-state index contributed by atoms with van der Waals surface area (Å²) < 4.78 is 0. The molecule has 0 aliphatic heterocycles. The molecule has 2 atom stereocenters. The Kier molecular flexibility index (Phi) is 5.76. The zero-order chi connectivity index (χ0) is 15.2. The predicted octanol–water partition coefficient (Wildman–Crippen LogP) is 2.59. The van der Waals surface area contributed by atoms with E-state index in [9.17, 15) is 4.79 Å². The summed E-state index contributed by atoms with van der Waals surface area (Å²) in [5.74, 6) is 0.724. The maximum Gasteiger partial charge on any atom is 0.238 e. The van der Waals surface area contributed by atoms with Crippen LogP contribution in [0.2, 0.25) is 0 Å². The van der Waals surface area contributed by atoms with Gasteiger partial charge in [0.25, 0.3) is 0 Å². The number of amides is 1. The fourth-order valence-corrected chi connectivity index (χ4v) is 3.27. The summed E-state index contributed by atoms with van der Waals surface area (Å²) in [6, 6.07) is 8.25. The first-order valence-corrected chi connectivity index (χ1v) is 7.89. The number of nitrogens with two attached hydrogens (primary N) is 1. The average Bonchev–Trinajstić information content (AvgIpc) is 2.47. The van der Waals surface area contributed by atoms with Gasteiger partial charge in [-0.1, -0.05) is 31.9 Å². The lowest BCUT2D eigenvalue weighted by Crippen LogP contribution is -2.42. The van der Waals surface area contributed by atoms with Gasteiger partial charge in [-0.15, -0.1) is 0 Å².